The number of amides is 1. The van der Waals surface area contributed by atoms with E-state index in [-0.39, 0.29) is 12.5 Å². The van der Waals surface area contributed by atoms with Crippen molar-refractivity contribution in [2.24, 2.45) is 0 Å². The van der Waals surface area contributed by atoms with Crippen LogP contribution in [0.2, 0.25) is 0 Å². The van der Waals surface area contributed by atoms with Gasteiger partial charge in [0.2, 0.25) is 0 Å². The number of nitrogens with one attached hydrogen (secondary N) is 1. The molecule has 1 amide bonds. The molecular weight excluding hydrogens is 290 g/mol. The number of aryl methyl sites for hydroxylation is 2. The first-order chi connectivity index (χ1) is 11.0. The molecule has 0 saturated heterocycles. The van der Waals surface area contributed by atoms with Gasteiger partial charge >= 0.3 is 0 Å². The predicted molar refractivity (Wildman–Crippen MR) is 88.8 cm³/mol. The van der Waals surface area contributed by atoms with Crippen molar-refractivity contribution in [3.8, 4) is 5.69 Å². The van der Waals surface area contributed by atoms with E-state index in [1.165, 1.54) is 5.56 Å². The Labute approximate surface area is 136 Å². The number of aromatic nitrogens is 2. The van der Waals surface area contributed by atoms with E-state index in [0.29, 0.717) is 5.69 Å². The van der Waals surface area contributed by atoms with Gasteiger partial charge in [-0.05, 0) is 44.9 Å². The quantitative estimate of drug-likeness (QED) is 0.911. The van der Waals surface area contributed by atoms with Crippen LogP contribution in [0.15, 0.2) is 30.3 Å². The van der Waals surface area contributed by atoms with Crippen molar-refractivity contribution >= 4 is 5.91 Å². The second-order valence-corrected chi connectivity index (χ2v) is 6.52. The molecule has 23 heavy (non-hydrogen) atoms. The molecule has 2 N–H and O–H groups in total. The van der Waals surface area contributed by atoms with Crippen molar-refractivity contribution < 1.29 is 9.90 Å². The molecule has 1 aromatic carbocycles. The maximum Gasteiger partial charge on any atom is 0.272 e. The van der Waals surface area contributed by atoms with Gasteiger partial charge in [-0.25, -0.2) is 4.68 Å². The van der Waals surface area contributed by atoms with Gasteiger partial charge in [-0.1, -0.05) is 30.5 Å². The van der Waals surface area contributed by atoms with Crippen LogP contribution in [0.25, 0.3) is 5.69 Å². The number of carbonyl (C=O) groups is 1. The number of nitrogens with zero attached hydrogens (tertiary/aromatic N) is 2. The Kier molecular flexibility index (Phi) is 4.22. The number of aliphatic hydroxyl groups excluding tert-OH is 1. The molecule has 1 aromatic heterocycles. The van der Waals surface area contributed by atoms with E-state index in [4.69, 9.17) is 0 Å². The van der Waals surface area contributed by atoms with Crippen LogP contribution >= 0.6 is 0 Å². The minimum absolute atomic E-state index is 0.0175. The summed E-state index contributed by atoms with van der Waals surface area (Å²) >= 11 is 0. The number of hydrogen-bond donors (Lipinski definition) is 2. The summed E-state index contributed by atoms with van der Waals surface area (Å²) in [6, 6.07) is 9.81. The molecular formula is C18H23N3O2. The van der Waals surface area contributed by atoms with Crippen molar-refractivity contribution in [2.45, 2.75) is 45.1 Å². The summed E-state index contributed by atoms with van der Waals surface area (Å²) in [5, 5.41) is 17.1. The van der Waals surface area contributed by atoms with E-state index < -0.39 is 5.54 Å². The number of aliphatic hydroxyl groups is 1. The molecule has 5 nitrogen and oxygen atoms in total. The Morgan fingerprint density at radius 2 is 1.91 bits per heavy atom. The Hall–Kier alpha value is -2.14. The van der Waals surface area contributed by atoms with Crippen molar-refractivity contribution in [1.82, 2.24) is 15.1 Å². The van der Waals surface area contributed by atoms with E-state index in [0.717, 1.165) is 37.1 Å². The van der Waals surface area contributed by atoms with Crippen molar-refractivity contribution in [3.63, 3.8) is 0 Å². The molecule has 122 valence electrons. The highest BCUT2D eigenvalue weighted by Crippen LogP contribution is 2.29. The molecule has 1 fully saturated rings. The lowest BCUT2D eigenvalue weighted by Gasteiger charge is -2.27. The first-order valence-electron chi connectivity index (χ1n) is 8.10. The zero-order chi connectivity index (χ0) is 16.4. The molecule has 1 aliphatic carbocycles. The van der Waals surface area contributed by atoms with Crippen LogP contribution in [0, 0.1) is 13.8 Å². The van der Waals surface area contributed by atoms with Gasteiger partial charge in [-0.3, -0.25) is 4.79 Å². The molecule has 0 spiro atoms. The van der Waals surface area contributed by atoms with Crippen LogP contribution in [-0.2, 0) is 0 Å². The normalized spacial score (nSPS) is 16.5. The molecule has 0 atom stereocenters. The van der Waals surface area contributed by atoms with Crippen molar-refractivity contribution in [1.29, 1.82) is 0 Å². The third-order valence-electron chi connectivity index (χ3n) is 4.64. The first kappa shape index (κ1) is 15.7. The first-order valence-corrected chi connectivity index (χ1v) is 8.10. The summed E-state index contributed by atoms with van der Waals surface area (Å²) in [5.74, 6) is -0.213. The number of benzene rings is 1. The fraction of sp³-hybridized carbons (Fsp3) is 0.444. The average molecular weight is 313 g/mol. The highest BCUT2D eigenvalue weighted by atomic mass is 16.3. The number of carbonyl (C=O) groups excluding carboxylic acids is 1. The van der Waals surface area contributed by atoms with Gasteiger partial charge in [0.1, 0.15) is 0 Å². The van der Waals surface area contributed by atoms with E-state index in [1.54, 1.807) is 10.7 Å². The molecule has 5 heteroatoms. The fourth-order valence-corrected chi connectivity index (χ4v) is 3.21. The molecule has 2 aromatic rings. The van der Waals surface area contributed by atoms with Crippen molar-refractivity contribution in [2.75, 3.05) is 6.61 Å². The van der Waals surface area contributed by atoms with E-state index in [1.807, 2.05) is 38.1 Å². The van der Waals surface area contributed by atoms with Gasteiger partial charge in [0.05, 0.1) is 17.8 Å². The van der Waals surface area contributed by atoms with Gasteiger partial charge in [0.15, 0.2) is 5.69 Å². The molecule has 1 aliphatic rings. The van der Waals surface area contributed by atoms with Gasteiger partial charge < -0.3 is 10.4 Å². The van der Waals surface area contributed by atoms with Crippen LogP contribution in [0.4, 0.5) is 0 Å². The Bertz CT molecular complexity index is 698. The minimum atomic E-state index is -0.474. The van der Waals surface area contributed by atoms with E-state index in [2.05, 4.69) is 10.4 Å². The largest absolute Gasteiger partial charge is 0.394 e. The van der Waals surface area contributed by atoms with Crippen LogP contribution < -0.4 is 5.32 Å². The summed E-state index contributed by atoms with van der Waals surface area (Å²) in [5.41, 5.74) is 2.94. The van der Waals surface area contributed by atoms with Crippen molar-refractivity contribution in [3.05, 3.63) is 47.3 Å². The second-order valence-electron chi connectivity index (χ2n) is 6.52. The number of hydrogen-bond acceptors (Lipinski definition) is 3. The molecule has 1 heterocycles. The molecule has 0 unspecified atom stereocenters. The third kappa shape index (κ3) is 3.15. The lowest BCUT2D eigenvalue weighted by molar-refractivity contribution is 0.0833. The summed E-state index contributed by atoms with van der Waals surface area (Å²) in [6.45, 7) is 3.95. The van der Waals surface area contributed by atoms with Gasteiger partial charge in [0, 0.05) is 5.69 Å². The van der Waals surface area contributed by atoms with E-state index >= 15 is 0 Å². The highest BCUT2D eigenvalue weighted by Gasteiger charge is 2.35. The Balaban J connectivity index is 1.82. The molecule has 0 aliphatic heterocycles. The summed E-state index contributed by atoms with van der Waals surface area (Å²) in [6.07, 6.45) is 3.73. The summed E-state index contributed by atoms with van der Waals surface area (Å²) < 4.78 is 1.77. The van der Waals surface area contributed by atoms with Crippen LogP contribution in [0.1, 0.15) is 47.4 Å². The minimum Gasteiger partial charge on any atom is -0.394 e. The molecule has 0 bridgehead atoms. The number of rotatable bonds is 4. The fourth-order valence-electron chi connectivity index (χ4n) is 3.21. The lowest BCUT2D eigenvalue weighted by Crippen LogP contribution is -2.49. The molecule has 0 radical (unpaired) electrons. The zero-order valence-corrected chi connectivity index (χ0v) is 13.7. The van der Waals surface area contributed by atoms with Gasteiger partial charge in [0.25, 0.3) is 5.91 Å². The van der Waals surface area contributed by atoms with Gasteiger partial charge in [-0.2, -0.15) is 5.10 Å². The average Bonchev–Trinajstić information content (AvgIpc) is 3.16. The third-order valence-corrected chi connectivity index (χ3v) is 4.64. The van der Waals surface area contributed by atoms with E-state index in [9.17, 15) is 9.90 Å². The standard InChI is InChI=1S/C18H23N3O2/c1-13-5-7-15(8-6-13)21-14(2)11-16(20-21)17(23)19-18(12-22)9-3-4-10-18/h5-8,11,22H,3-4,9-10,12H2,1-2H3,(H,19,23). The summed E-state index contributed by atoms with van der Waals surface area (Å²) in [4.78, 5) is 12.5. The topological polar surface area (TPSA) is 67.2 Å². The molecule has 1 saturated carbocycles. The maximum absolute atomic E-state index is 12.5. The van der Waals surface area contributed by atoms with Crippen LogP contribution in [-0.4, -0.2) is 32.9 Å². The SMILES string of the molecule is Cc1ccc(-n2nc(C(=O)NC3(CO)CCCC3)cc2C)cc1. The zero-order valence-electron chi connectivity index (χ0n) is 13.7. The van der Waals surface area contributed by atoms with Gasteiger partial charge in [-0.15, -0.1) is 0 Å². The monoisotopic (exact) mass is 313 g/mol. The van der Waals surface area contributed by atoms with Crippen LogP contribution in [0.3, 0.4) is 0 Å². The Morgan fingerprint density at radius 1 is 1.26 bits per heavy atom. The summed E-state index contributed by atoms with van der Waals surface area (Å²) in [7, 11) is 0. The smallest absolute Gasteiger partial charge is 0.272 e. The second kappa shape index (κ2) is 6.16. The lowest BCUT2D eigenvalue weighted by atomic mass is 9.99. The maximum atomic E-state index is 12.5. The predicted octanol–water partition coefficient (Wildman–Crippen LogP) is 2.52. The molecule has 3 rings (SSSR count). The Morgan fingerprint density at radius 3 is 2.52 bits per heavy atom. The van der Waals surface area contributed by atoms with Crippen LogP contribution in [0.5, 0.6) is 0 Å². The highest BCUT2D eigenvalue weighted by molar-refractivity contribution is 5.93.